The molecule has 0 aliphatic carbocycles. The number of aromatic nitrogens is 3. The van der Waals surface area contributed by atoms with E-state index in [1.807, 2.05) is 55.5 Å². The van der Waals surface area contributed by atoms with Gasteiger partial charge in [-0.2, -0.15) is 5.10 Å². The Morgan fingerprint density at radius 1 is 1.24 bits per heavy atom. The van der Waals surface area contributed by atoms with Gasteiger partial charge in [-0.15, -0.1) is 0 Å². The number of benzene rings is 2. The Bertz CT molecular complexity index is 865. The smallest absolute Gasteiger partial charge is 0.234 e. The molecule has 3 rings (SSSR count). The summed E-state index contributed by atoms with van der Waals surface area (Å²) in [6.45, 7) is 1.93. The summed E-state index contributed by atoms with van der Waals surface area (Å²) in [6, 6.07) is 15.2. The van der Waals surface area contributed by atoms with Gasteiger partial charge in [0.15, 0.2) is 5.16 Å². The molecule has 6 nitrogen and oxygen atoms in total. The number of ether oxygens (including phenoxy) is 1. The van der Waals surface area contributed by atoms with Gasteiger partial charge in [0.1, 0.15) is 12.1 Å². The minimum absolute atomic E-state index is 0.0964. The highest BCUT2D eigenvalue weighted by Gasteiger charge is 2.11. The maximum absolute atomic E-state index is 12.2. The maximum atomic E-state index is 12.2. The average Bonchev–Trinajstić information content (AvgIpc) is 3.11. The summed E-state index contributed by atoms with van der Waals surface area (Å²) < 4.78 is 6.89. The Labute approximate surface area is 150 Å². The summed E-state index contributed by atoms with van der Waals surface area (Å²) in [5.41, 5.74) is 2.63. The Kier molecular flexibility index (Phi) is 5.35. The molecule has 1 heterocycles. The highest BCUT2D eigenvalue weighted by Crippen LogP contribution is 2.22. The number of nitrogens with one attached hydrogen (secondary N) is 1. The van der Waals surface area contributed by atoms with Crippen LogP contribution in [0.4, 0.5) is 5.69 Å². The Morgan fingerprint density at radius 3 is 2.76 bits per heavy atom. The first-order valence-electron chi connectivity index (χ1n) is 7.70. The molecule has 0 atom stereocenters. The molecule has 0 spiro atoms. The number of rotatable bonds is 6. The van der Waals surface area contributed by atoms with Crippen LogP contribution in [0.25, 0.3) is 5.69 Å². The fourth-order valence-electron chi connectivity index (χ4n) is 2.30. The Balaban J connectivity index is 1.63. The molecule has 1 N–H and O–H groups in total. The molecule has 0 fully saturated rings. The van der Waals surface area contributed by atoms with E-state index in [-0.39, 0.29) is 11.7 Å². The van der Waals surface area contributed by atoms with E-state index in [0.29, 0.717) is 5.16 Å². The number of hydrogen-bond donors (Lipinski definition) is 1. The highest BCUT2D eigenvalue weighted by molar-refractivity contribution is 7.99. The van der Waals surface area contributed by atoms with Gasteiger partial charge in [0.2, 0.25) is 5.91 Å². The summed E-state index contributed by atoms with van der Waals surface area (Å²) >= 11 is 1.34. The van der Waals surface area contributed by atoms with Crippen molar-refractivity contribution in [3.63, 3.8) is 0 Å². The van der Waals surface area contributed by atoms with E-state index in [0.717, 1.165) is 22.7 Å². The third kappa shape index (κ3) is 4.19. The fraction of sp³-hybridized carbons (Fsp3) is 0.167. The number of aryl methyl sites for hydroxylation is 1. The molecule has 3 aromatic rings. The van der Waals surface area contributed by atoms with Gasteiger partial charge in [0.25, 0.3) is 0 Å². The van der Waals surface area contributed by atoms with Crippen molar-refractivity contribution >= 4 is 23.4 Å². The van der Waals surface area contributed by atoms with Crippen LogP contribution in [-0.2, 0) is 4.79 Å². The molecule has 0 aliphatic heterocycles. The third-order valence-electron chi connectivity index (χ3n) is 3.56. The van der Waals surface area contributed by atoms with Crippen molar-refractivity contribution in [2.45, 2.75) is 12.1 Å². The average molecular weight is 354 g/mol. The van der Waals surface area contributed by atoms with Gasteiger partial charge in [-0.05, 0) is 42.8 Å². The molecular formula is C18H18N4O2S. The summed E-state index contributed by atoms with van der Waals surface area (Å²) in [7, 11) is 1.62. The van der Waals surface area contributed by atoms with E-state index in [4.69, 9.17) is 4.74 Å². The van der Waals surface area contributed by atoms with Crippen molar-refractivity contribution in [1.29, 1.82) is 0 Å². The molecule has 0 aliphatic rings. The van der Waals surface area contributed by atoms with Crippen LogP contribution in [0.3, 0.4) is 0 Å². The lowest BCUT2D eigenvalue weighted by Crippen LogP contribution is -2.15. The molecule has 0 bridgehead atoms. The van der Waals surface area contributed by atoms with E-state index < -0.39 is 0 Å². The highest BCUT2D eigenvalue weighted by atomic mass is 32.2. The summed E-state index contributed by atoms with van der Waals surface area (Å²) in [4.78, 5) is 16.5. The number of carbonyl (C=O) groups excluding carboxylic acids is 1. The topological polar surface area (TPSA) is 69.0 Å². The van der Waals surface area contributed by atoms with Crippen LogP contribution in [0.5, 0.6) is 5.75 Å². The largest absolute Gasteiger partial charge is 0.497 e. The zero-order valence-electron chi connectivity index (χ0n) is 14.0. The number of anilines is 1. The van der Waals surface area contributed by atoms with Gasteiger partial charge >= 0.3 is 0 Å². The molecule has 1 aromatic heterocycles. The van der Waals surface area contributed by atoms with E-state index in [9.17, 15) is 4.79 Å². The van der Waals surface area contributed by atoms with Crippen molar-refractivity contribution < 1.29 is 9.53 Å². The molecule has 1 amide bonds. The first-order valence-corrected chi connectivity index (χ1v) is 8.68. The molecule has 25 heavy (non-hydrogen) atoms. The first-order chi connectivity index (χ1) is 12.2. The molecule has 2 aromatic carbocycles. The number of carbonyl (C=O) groups is 1. The zero-order valence-corrected chi connectivity index (χ0v) is 14.8. The monoisotopic (exact) mass is 354 g/mol. The lowest BCUT2D eigenvalue weighted by atomic mass is 10.2. The fourth-order valence-corrected chi connectivity index (χ4v) is 3.02. The minimum atomic E-state index is -0.0964. The minimum Gasteiger partial charge on any atom is -0.497 e. The molecular weight excluding hydrogens is 336 g/mol. The van der Waals surface area contributed by atoms with Crippen LogP contribution in [0.2, 0.25) is 0 Å². The van der Waals surface area contributed by atoms with Crippen molar-refractivity contribution in [3.8, 4) is 11.4 Å². The van der Waals surface area contributed by atoms with E-state index >= 15 is 0 Å². The number of para-hydroxylation sites is 1. The van der Waals surface area contributed by atoms with Crippen LogP contribution in [-0.4, -0.2) is 33.5 Å². The zero-order chi connectivity index (χ0) is 17.6. The van der Waals surface area contributed by atoms with E-state index in [1.54, 1.807) is 11.8 Å². The number of methoxy groups -OCH3 is 1. The van der Waals surface area contributed by atoms with E-state index in [1.165, 1.54) is 18.1 Å². The second-order valence-corrected chi connectivity index (χ2v) is 6.25. The van der Waals surface area contributed by atoms with Gasteiger partial charge in [0.05, 0.1) is 18.6 Å². The van der Waals surface area contributed by atoms with Crippen molar-refractivity contribution in [2.75, 3.05) is 18.2 Å². The van der Waals surface area contributed by atoms with Gasteiger partial charge in [-0.25, -0.2) is 9.67 Å². The number of thioether (sulfide) groups is 1. The van der Waals surface area contributed by atoms with Gasteiger partial charge in [0, 0.05) is 5.69 Å². The Morgan fingerprint density at radius 2 is 2.04 bits per heavy atom. The SMILES string of the molecule is COc1ccc(NC(=O)CSc2ncnn2-c2ccccc2)c(C)c1. The number of amides is 1. The predicted molar refractivity (Wildman–Crippen MR) is 98.4 cm³/mol. The number of nitrogens with zero attached hydrogens (tertiary/aromatic N) is 3. The summed E-state index contributed by atoms with van der Waals surface area (Å²) in [6.07, 6.45) is 1.49. The summed E-state index contributed by atoms with van der Waals surface area (Å²) in [5.74, 6) is 0.915. The van der Waals surface area contributed by atoms with Gasteiger partial charge in [-0.3, -0.25) is 4.79 Å². The van der Waals surface area contributed by atoms with Crippen molar-refractivity contribution in [1.82, 2.24) is 14.8 Å². The lowest BCUT2D eigenvalue weighted by Gasteiger charge is -2.10. The molecule has 0 radical (unpaired) electrons. The molecule has 0 saturated carbocycles. The molecule has 0 unspecified atom stereocenters. The normalized spacial score (nSPS) is 10.5. The lowest BCUT2D eigenvalue weighted by molar-refractivity contribution is -0.113. The third-order valence-corrected chi connectivity index (χ3v) is 4.50. The maximum Gasteiger partial charge on any atom is 0.234 e. The van der Waals surface area contributed by atoms with Crippen LogP contribution in [0.1, 0.15) is 5.56 Å². The van der Waals surface area contributed by atoms with Crippen molar-refractivity contribution in [3.05, 3.63) is 60.4 Å². The second kappa shape index (κ2) is 7.85. The quantitative estimate of drug-likeness (QED) is 0.688. The van der Waals surface area contributed by atoms with Gasteiger partial charge < -0.3 is 10.1 Å². The Hall–Kier alpha value is -2.80. The first kappa shape index (κ1) is 17.0. The molecule has 7 heteroatoms. The van der Waals surface area contributed by atoms with E-state index in [2.05, 4.69) is 15.4 Å². The van der Waals surface area contributed by atoms with Crippen LogP contribution < -0.4 is 10.1 Å². The molecule has 128 valence electrons. The molecule has 0 saturated heterocycles. The van der Waals surface area contributed by atoms with Crippen LogP contribution in [0.15, 0.2) is 60.0 Å². The van der Waals surface area contributed by atoms with Gasteiger partial charge in [-0.1, -0.05) is 30.0 Å². The predicted octanol–water partition coefficient (Wildman–Crippen LogP) is 3.32. The standard InChI is InChI=1S/C18H18N4O2S/c1-13-10-15(24-2)8-9-16(13)21-17(23)11-25-18-19-12-20-22(18)14-6-4-3-5-7-14/h3-10,12H,11H2,1-2H3,(H,21,23). The number of hydrogen-bond acceptors (Lipinski definition) is 5. The second-order valence-electron chi connectivity index (χ2n) is 5.31. The summed E-state index contributed by atoms with van der Waals surface area (Å²) in [5, 5.41) is 7.81. The van der Waals surface area contributed by atoms with Crippen LogP contribution in [0, 0.1) is 6.92 Å². The van der Waals surface area contributed by atoms with Crippen LogP contribution >= 0.6 is 11.8 Å². The van der Waals surface area contributed by atoms with Crippen molar-refractivity contribution in [2.24, 2.45) is 0 Å².